The number of hydrogen-bond acceptors (Lipinski definition) is 4. The molecule has 2 aromatic rings. The average molecular weight is 320 g/mol. The predicted octanol–water partition coefficient (Wildman–Crippen LogP) is 2.63. The van der Waals surface area contributed by atoms with Crippen LogP contribution in [0.1, 0.15) is 29.0 Å². The number of aliphatic carboxylic acids is 1. The highest BCUT2D eigenvalue weighted by atomic mass is 19.1. The van der Waals surface area contributed by atoms with E-state index in [2.05, 4.69) is 10.5 Å². The molecule has 122 valence electrons. The summed E-state index contributed by atoms with van der Waals surface area (Å²) < 4.78 is 18.8. The van der Waals surface area contributed by atoms with Gasteiger partial charge in [0.05, 0.1) is 12.1 Å². The van der Waals surface area contributed by atoms with Crippen LogP contribution in [-0.4, -0.2) is 22.1 Å². The molecule has 0 aliphatic heterocycles. The van der Waals surface area contributed by atoms with Crippen molar-refractivity contribution in [2.45, 2.75) is 33.1 Å². The molecule has 7 heteroatoms. The third-order valence-electron chi connectivity index (χ3n) is 3.46. The fourth-order valence-electron chi connectivity index (χ4n) is 2.25. The lowest BCUT2D eigenvalue weighted by molar-refractivity contribution is -0.136. The van der Waals surface area contributed by atoms with Gasteiger partial charge in [-0.25, -0.2) is 4.39 Å². The van der Waals surface area contributed by atoms with Crippen molar-refractivity contribution in [2.75, 3.05) is 5.32 Å². The zero-order valence-electron chi connectivity index (χ0n) is 12.9. The molecule has 23 heavy (non-hydrogen) atoms. The highest BCUT2D eigenvalue weighted by Crippen LogP contribution is 2.17. The van der Waals surface area contributed by atoms with Crippen LogP contribution in [0, 0.1) is 19.7 Å². The zero-order valence-corrected chi connectivity index (χ0v) is 12.9. The number of carboxylic acid groups (broad SMARTS) is 1. The molecular weight excluding hydrogens is 303 g/mol. The number of hydrogen-bond donors (Lipinski definition) is 2. The second-order valence-corrected chi connectivity index (χ2v) is 5.23. The van der Waals surface area contributed by atoms with Crippen molar-refractivity contribution in [3.63, 3.8) is 0 Å². The maximum atomic E-state index is 13.7. The zero-order chi connectivity index (χ0) is 17.0. The summed E-state index contributed by atoms with van der Waals surface area (Å²) >= 11 is 0. The molecular formula is C16H17FN2O4. The molecule has 0 aliphatic carbocycles. The molecule has 0 spiro atoms. The van der Waals surface area contributed by atoms with E-state index >= 15 is 0 Å². The van der Waals surface area contributed by atoms with E-state index in [1.807, 2.05) is 0 Å². The summed E-state index contributed by atoms with van der Waals surface area (Å²) in [6.45, 7) is 3.59. The number of rotatable bonds is 6. The Morgan fingerprint density at radius 2 is 2.09 bits per heavy atom. The van der Waals surface area contributed by atoms with Crippen LogP contribution in [0.25, 0.3) is 0 Å². The number of amides is 1. The molecule has 0 bridgehead atoms. The number of halogens is 1. The fourth-order valence-corrected chi connectivity index (χ4v) is 2.25. The molecule has 2 N–H and O–H groups in total. The van der Waals surface area contributed by atoms with Gasteiger partial charge in [-0.2, -0.15) is 0 Å². The summed E-state index contributed by atoms with van der Waals surface area (Å²) in [7, 11) is 0. The summed E-state index contributed by atoms with van der Waals surface area (Å²) in [4.78, 5) is 22.5. The van der Waals surface area contributed by atoms with Gasteiger partial charge in [0.1, 0.15) is 11.6 Å². The number of nitrogens with zero attached hydrogens (tertiary/aromatic N) is 1. The van der Waals surface area contributed by atoms with Crippen molar-refractivity contribution < 1.29 is 23.6 Å². The van der Waals surface area contributed by atoms with Crippen molar-refractivity contribution in [3.05, 3.63) is 46.6 Å². The fraction of sp³-hybridized carbons (Fsp3) is 0.312. The first-order valence-corrected chi connectivity index (χ1v) is 7.08. The van der Waals surface area contributed by atoms with Gasteiger partial charge in [0.25, 0.3) is 0 Å². The average Bonchev–Trinajstić information content (AvgIpc) is 2.78. The van der Waals surface area contributed by atoms with Gasteiger partial charge in [-0.15, -0.1) is 0 Å². The number of nitrogens with one attached hydrogen (secondary N) is 1. The number of aromatic nitrogens is 1. The quantitative estimate of drug-likeness (QED) is 0.853. The molecule has 0 saturated heterocycles. The second kappa shape index (κ2) is 7.04. The molecule has 0 unspecified atom stereocenters. The number of anilines is 1. The summed E-state index contributed by atoms with van der Waals surface area (Å²) in [5, 5.41) is 15.1. The van der Waals surface area contributed by atoms with Gasteiger partial charge in [0.2, 0.25) is 5.91 Å². The van der Waals surface area contributed by atoms with Gasteiger partial charge in [0, 0.05) is 17.7 Å². The Morgan fingerprint density at radius 3 is 2.65 bits per heavy atom. The monoisotopic (exact) mass is 320 g/mol. The van der Waals surface area contributed by atoms with Crippen LogP contribution >= 0.6 is 0 Å². The van der Waals surface area contributed by atoms with Crippen LogP contribution in [-0.2, 0) is 22.4 Å². The molecule has 0 aliphatic rings. The lowest BCUT2D eigenvalue weighted by Gasteiger charge is -2.07. The molecule has 1 aromatic carbocycles. The van der Waals surface area contributed by atoms with Gasteiger partial charge < -0.3 is 14.9 Å². The van der Waals surface area contributed by atoms with E-state index in [0.717, 1.165) is 17.3 Å². The molecule has 1 heterocycles. The third kappa shape index (κ3) is 4.38. The molecule has 6 nitrogen and oxygen atoms in total. The van der Waals surface area contributed by atoms with Gasteiger partial charge in [-0.1, -0.05) is 11.2 Å². The lowest BCUT2D eigenvalue weighted by Crippen LogP contribution is -2.13. The first kappa shape index (κ1) is 16.7. The Kier molecular flexibility index (Phi) is 5.10. The largest absolute Gasteiger partial charge is 0.481 e. The Morgan fingerprint density at radius 1 is 1.35 bits per heavy atom. The van der Waals surface area contributed by atoms with Crippen LogP contribution in [0.2, 0.25) is 0 Å². The van der Waals surface area contributed by atoms with E-state index < -0.39 is 18.2 Å². The van der Waals surface area contributed by atoms with Crippen LogP contribution in [0.3, 0.4) is 0 Å². The van der Waals surface area contributed by atoms with Crippen LogP contribution in [0.5, 0.6) is 0 Å². The normalized spacial score (nSPS) is 10.6. The van der Waals surface area contributed by atoms with Crippen molar-refractivity contribution in [3.8, 4) is 0 Å². The van der Waals surface area contributed by atoms with E-state index in [1.165, 1.54) is 12.1 Å². The van der Waals surface area contributed by atoms with Crippen molar-refractivity contribution in [1.29, 1.82) is 0 Å². The first-order chi connectivity index (χ1) is 10.9. The number of carboxylic acids is 1. The van der Waals surface area contributed by atoms with Crippen molar-refractivity contribution in [1.82, 2.24) is 5.16 Å². The van der Waals surface area contributed by atoms with Crippen LogP contribution < -0.4 is 5.32 Å². The van der Waals surface area contributed by atoms with E-state index in [9.17, 15) is 14.0 Å². The van der Waals surface area contributed by atoms with Gasteiger partial charge in [0.15, 0.2) is 0 Å². The van der Waals surface area contributed by atoms with Crippen LogP contribution in [0.15, 0.2) is 22.7 Å². The molecule has 0 fully saturated rings. The second-order valence-electron chi connectivity index (χ2n) is 5.23. The molecule has 0 saturated carbocycles. The van der Waals surface area contributed by atoms with Crippen molar-refractivity contribution >= 4 is 17.6 Å². The minimum atomic E-state index is -1.11. The van der Waals surface area contributed by atoms with Crippen LogP contribution in [0.4, 0.5) is 10.1 Å². The topological polar surface area (TPSA) is 92.4 Å². The minimum absolute atomic E-state index is 0.0752. The highest BCUT2D eigenvalue weighted by Gasteiger charge is 2.12. The first-order valence-electron chi connectivity index (χ1n) is 7.08. The molecule has 1 amide bonds. The maximum absolute atomic E-state index is 13.7. The highest BCUT2D eigenvalue weighted by molar-refractivity contribution is 5.90. The Hall–Kier alpha value is -2.70. The SMILES string of the molecule is Cc1noc(C)c1CCC(=O)Nc1ccc(CC(=O)O)c(F)c1. The Labute approximate surface area is 132 Å². The molecule has 1 aromatic heterocycles. The van der Waals surface area contributed by atoms with E-state index in [0.29, 0.717) is 17.9 Å². The summed E-state index contributed by atoms with van der Waals surface area (Å²) in [5.74, 6) is -1.36. The predicted molar refractivity (Wildman–Crippen MR) is 80.7 cm³/mol. The van der Waals surface area contributed by atoms with Gasteiger partial charge in [-0.05, 0) is 38.0 Å². The third-order valence-corrected chi connectivity index (χ3v) is 3.46. The molecule has 0 atom stereocenters. The Bertz CT molecular complexity index is 720. The van der Waals surface area contributed by atoms with E-state index in [-0.39, 0.29) is 17.9 Å². The van der Waals surface area contributed by atoms with E-state index in [1.54, 1.807) is 13.8 Å². The van der Waals surface area contributed by atoms with Gasteiger partial charge in [-0.3, -0.25) is 9.59 Å². The van der Waals surface area contributed by atoms with Gasteiger partial charge >= 0.3 is 5.97 Å². The number of benzene rings is 1. The summed E-state index contributed by atoms with van der Waals surface area (Å²) in [5.41, 5.74) is 2.01. The summed E-state index contributed by atoms with van der Waals surface area (Å²) in [6.07, 6.45) is 0.292. The molecule has 0 radical (unpaired) electrons. The molecule has 2 rings (SSSR count). The van der Waals surface area contributed by atoms with E-state index in [4.69, 9.17) is 9.63 Å². The minimum Gasteiger partial charge on any atom is -0.481 e. The Balaban J connectivity index is 1.95. The summed E-state index contributed by atoms with van der Waals surface area (Å²) in [6, 6.07) is 3.95. The smallest absolute Gasteiger partial charge is 0.307 e. The standard InChI is InChI=1S/C16H17FN2O4/c1-9-13(10(2)23-19-9)5-6-15(20)18-12-4-3-11(7-16(21)22)14(17)8-12/h3-4,8H,5-7H2,1-2H3,(H,18,20)(H,21,22). The van der Waals surface area contributed by atoms with Crippen molar-refractivity contribution in [2.24, 2.45) is 0 Å². The maximum Gasteiger partial charge on any atom is 0.307 e. The number of carbonyl (C=O) groups is 2. The number of carbonyl (C=O) groups excluding carboxylic acids is 1. The number of aryl methyl sites for hydroxylation is 2. The lowest BCUT2D eigenvalue weighted by atomic mass is 10.1.